The molecule has 0 amide bonds. The maximum atomic E-state index is 15.8. The second-order valence-electron chi connectivity index (χ2n) is 8.83. The first-order valence-corrected chi connectivity index (χ1v) is 13.1. The van der Waals surface area contributed by atoms with Gasteiger partial charge in [0.15, 0.2) is 11.7 Å². The Balaban J connectivity index is 1.52. The number of allylic oxidation sites excluding steroid dienone is 2. The molecule has 0 aromatic heterocycles. The molecule has 2 aromatic rings. The van der Waals surface area contributed by atoms with E-state index < -0.39 is 17.6 Å². The molecule has 4 rings (SSSR count). The Morgan fingerprint density at radius 2 is 1.66 bits per heavy atom. The molecule has 0 radical (unpaired) electrons. The summed E-state index contributed by atoms with van der Waals surface area (Å²) in [5, 5.41) is 3.27. The van der Waals surface area contributed by atoms with Crippen molar-refractivity contribution >= 4 is 17.6 Å². The van der Waals surface area contributed by atoms with Gasteiger partial charge < -0.3 is 10.2 Å². The molecule has 0 saturated heterocycles. The zero-order valence-electron chi connectivity index (χ0n) is 19.6. The molecule has 3 nitrogen and oxygen atoms in total. The Bertz CT molecular complexity index is 1080. The maximum Gasteiger partial charge on any atom is 0.416 e. The van der Waals surface area contributed by atoms with Crippen molar-refractivity contribution in [2.45, 2.75) is 56.7 Å². The summed E-state index contributed by atoms with van der Waals surface area (Å²) < 4.78 is 54.7. The van der Waals surface area contributed by atoms with Gasteiger partial charge in [-0.1, -0.05) is 42.5 Å². The number of halogens is 4. The van der Waals surface area contributed by atoms with E-state index in [0.717, 1.165) is 36.3 Å². The molecule has 186 valence electrons. The van der Waals surface area contributed by atoms with Crippen molar-refractivity contribution in [1.82, 2.24) is 10.2 Å². The lowest BCUT2D eigenvalue weighted by Gasteiger charge is -2.27. The minimum atomic E-state index is -4.38. The molecular weight excluding hydrogens is 474 g/mol. The van der Waals surface area contributed by atoms with Crippen LogP contribution >= 0.6 is 11.8 Å². The molecule has 8 heteroatoms. The average molecular weight is 504 g/mol. The van der Waals surface area contributed by atoms with Gasteiger partial charge in [0.25, 0.3) is 0 Å². The van der Waals surface area contributed by atoms with Crippen molar-refractivity contribution in [3.63, 3.8) is 0 Å². The van der Waals surface area contributed by atoms with E-state index in [4.69, 9.17) is 0 Å². The van der Waals surface area contributed by atoms with Crippen molar-refractivity contribution in [2.24, 2.45) is 4.99 Å². The monoisotopic (exact) mass is 503 g/mol. The summed E-state index contributed by atoms with van der Waals surface area (Å²) in [5.74, 6) is 0.795. The number of benzene rings is 2. The molecule has 1 fully saturated rings. The summed E-state index contributed by atoms with van der Waals surface area (Å²) >= 11 is 1.77. The third kappa shape index (κ3) is 6.90. The Kier molecular flexibility index (Phi) is 8.21. The van der Waals surface area contributed by atoms with Crippen molar-refractivity contribution in [3.05, 3.63) is 94.6 Å². The van der Waals surface area contributed by atoms with Crippen molar-refractivity contribution in [1.29, 1.82) is 0 Å². The summed E-state index contributed by atoms with van der Waals surface area (Å²) in [4.78, 5) is 6.30. The van der Waals surface area contributed by atoms with E-state index in [-0.39, 0.29) is 11.9 Å². The molecule has 35 heavy (non-hydrogen) atoms. The maximum absolute atomic E-state index is 15.8. The van der Waals surface area contributed by atoms with E-state index in [1.807, 2.05) is 11.0 Å². The van der Waals surface area contributed by atoms with Crippen molar-refractivity contribution < 1.29 is 17.6 Å². The van der Waals surface area contributed by atoms with Gasteiger partial charge in [0, 0.05) is 31.1 Å². The predicted molar refractivity (Wildman–Crippen MR) is 134 cm³/mol. The molecule has 0 spiro atoms. The van der Waals surface area contributed by atoms with Crippen LogP contribution in [-0.2, 0) is 25.0 Å². The SMILES string of the molecule is CSCc1ccc(CN/C2=C(F)/C(N(Cc3ccc(C(F)(F)F)cc3)C3CC3)=N\C=C/CC2)cc1. The number of thioether (sulfide) groups is 1. The van der Waals surface area contributed by atoms with E-state index in [0.29, 0.717) is 37.2 Å². The highest BCUT2D eigenvalue weighted by molar-refractivity contribution is 7.97. The lowest BCUT2D eigenvalue weighted by atomic mass is 10.1. The molecule has 1 N–H and O–H groups in total. The Morgan fingerprint density at radius 1 is 1.00 bits per heavy atom. The summed E-state index contributed by atoms with van der Waals surface area (Å²) in [6, 6.07) is 13.5. The molecule has 1 heterocycles. The van der Waals surface area contributed by atoms with Gasteiger partial charge in [0.2, 0.25) is 0 Å². The molecule has 0 unspecified atom stereocenters. The number of rotatable bonds is 8. The fourth-order valence-corrected chi connectivity index (χ4v) is 4.51. The van der Waals surface area contributed by atoms with Crippen LogP contribution in [0, 0.1) is 0 Å². The highest BCUT2D eigenvalue weighted by Crippen LogP contribution is 2.33. The van der Waals surface area contributed by atoms with Crippen molar-refractivity contribution in [2.75, 3.05) is 6.26 Å². The molecule has 2 aromatic carbocycles. The minimum Gasteiger partial charge on any atom is -0.382 e. The Labute approximate surface area is 208 Å². The van der Waals surface area contributed by atoms with E-state index in [9.17, 15) is 13.2 Å². The highest BCUT2D eigenvalue weighted by atomic mass is 32.2. The summed E-state index contributed by atoms with van der Waals surface area (Å²) in [6.07, 6.45) is 4.21. The molecule has 0 bridgehead atoms. The van der Waals surface area contributed by atoms with E-state index in [2.05, 4.69) is 40.8 Å². The molecule has 1 aliphatic carbocycles. The molecule has 1 saturated carbocycles. The zero-order valence-corrected chi connectivity index (χ0v) is 20.4. The predicted octanol–water partition coefficient (Wildman–Crippen LogP) is 7.21. The van der Waals surface area contributed by atoms with E-state index >= 15 is 4.39 Å². The fourth-order valence-electron chi connectivity index (χ4n) is 3.98. The second-order valence-corrected chi connectivity index (χ2v) is 9.69. The Morgan fingerprint density at radius 3 is 2.29 bits per heavy atom. The molecule has 0 atom stereocenters. The third-order valence-electron chi connectivity index (χ3n) is 6.06. The van der Waals surface area contributed by atoms with Gasteiger partial charge in [-0.25, -0.2) is 9.38 Å². The zero-order chi connectivity index (χ0) is 24.8. The number of hydrogen-bond acceptors (Lipinski definition) is 4. The van der Waals surface area contributed by atoms with Crippen LogP contribution in [-0.4, -0.2) is 23.0 Å². The highest BCUT2D eigenvalue weighted by Gasteiger charge is 2.34. The largest absolute Gasteiger partial charge is 0.416 e. The van der Waals surface area contributed by atoms with Gasteiger partial charge in [-0.2, -0.15) is 24.9 Å². The van der Waals surface area contributed by atoms with E-state index in [1.54, 1.807) is 18.0 Å². The first-order chi connectivity index (χ1) is 16.8. The third-order valence-corrected chi connectivity index (χ3v) is 6.68. The fraction of sp³-hybridized carbons (Fsp3) is 0.370. The topological polar surface area (TPSA) is 27.6 Å². The van der Waals surface area contributed by atoms with Crippen LogP contribution in [0.15, 0.2) is 77.3 Å². The standard InChI is InChI=1S/C27H29F4N3S/c1-35-18-21-7-5-19(6-8-21)16-33-24-4-2-3-15-32-26(25(24)28)34(23-13-14-23)17-20-9-11-22(12-10-20)27(29,30)31/h3,5-12,15,23,33H,2,4,13-14,16-18H2,1H3/b15-3-,25-24-,32-26+. The van der Waals surface area contributed by atoms with Crippen LogP contribution in [0.1, 0.15) is 47.9 Å². The molecular formula is C27H29F4N3S. The lowest BCUT2D eigenvalue weighted by molar-refractivity contribution is -0.137. The summed E-state index contributed by atoms with van der Waals surface area (Å²) in [7, 11) is 0. The Hall–Kier alpha value is -2.74. The van der Waals surface area contributed by atoms with Gasteiger partial charge in [0.05, 0.1) is 11.3 Å². The van der Waals surface area contributed by atoms with Crippen LogP contribution in [0.2, 0.25) is 0 Å². The minimum absolute atomic E-state index is 0.125. The van der Waals surface area contributed by atoms with Crippen LogP contribution in [0.4, 0.5) is 17.6 Å². The molecule has 2 aliphatic rings. The average Bonchev–Trinajstić information content (AvgIpc) is 3.67. The number of hydrogen-bond donors (Lipinski definition) is 1. The normalized spacial score (nSPS) is 21.0. The summed E-state index contributed by atoms with van der Waals surface area (Å²) in [5.41, 5.74) is 2.81. The van der Waals surface area contributed by atoms with Gasteiger partial charge in [0.1, 0.15) is 0 Å². The van der Waals surface area contributed by atoms with Crippen LogP contribution < -0.4 is 5.32 Å². The summed E-state index contributed by atoms with van der Waals surface area (Å²) in [6.45, 7) is 0.800. The first-order valence-electron chi connectivity index (χ1n) is 11.7. The number of alkyl halides is 3. The second kappa shape index (κ2) is 11.3. The van der Waals surface area contributed by atoms with Crippen LogP contribution in [0.25, 0.3) is 0 Å². The first kappa shape index (κ1) is 25.4. The number of amidine groups is 1. The van der Waals surface area contributed by atoms with Gasteiger partial charge in [-0.3, -0.25) is 0 Å². The number of aliphatic imine (C=N–C) groups is 1. The lowest BCUT2D eigenvalue weighted by Crippen LogP contribution is -2.34. The van der Waals surface area contributed by atoms with Gasteiger partial charge >= 0.3 is 6.18 Å². The van der Waals surface area contributed by atoms with Gasteiger partial charge in [-0.15, -0.1) is 0 Å². The van der Waals surface area contributed by atoms with Gasteiger partial charge in [-0.05, 0) is 60.8 Å². The smallest absolute Gasteiger partial charge is 0.382 e. The number of nitrogens with one attached hydrogen (secondary N) is 1. The number of nitrogens with zero attached hydrogens (tertiary/aromatic N) is 2. The van der Waals surface area contributed by atoms with Crippen LogP contribution in [0.5, 0.6) is 0 Å². The quantitative estimate of drug-likeness (QED) is 0.386. The van der Waals surface area contributed by atoms with Crippen molar-refractivity contribution in [3.8, 4) is 0 Å². The molecule has 1 aliphatic heterocycles. The van der Waals surface area contributed by atoms with E-state index in [1.165, 1.54) is 17.7 Å². The van der Waals surface area contributed by atoms with Crippen LogP contribution in [0.3, 0.4) is 0 Å².